The van der Waals surface area contributed by atoms with Crippen molar-refractivity contribution in [2.24, 2.45) is 0 Å². The number of rotatable bonds is 4. The molecule has 2 rings (SSSR count). The van der Waals surface area contributed by atoms with Crippen LogP contribution in [0.4, 0.5) is 5.69 Å². The van der Waals surface area contributed by atoms with Crippen LogP contribution in [0.2, 0.25) is 0 Å². The molecule has 1 heterocycles. The number of hydrogen-bond acceptors (Lipinski definition) is 3. The van der Waals surface area contributed by atoms with E-state index in [9.17, 15) is 10.1 Å². The van der Waals surface area contributed by atoms with Crippen LogP contribution in [0.3, 0.4) is 0 Å². The molecule has 0 saturated heterocycles. The van der Waals surface area contributed by atoms with Gasteiger partial charge in [0.05, 0.1) is 11.5 Å². The van der Waals surface area contributed by atoms with E-state index >= 15 is 0 Å². The summed E-state index contributed by atoms with van der Waals surface area (Å²) in [6, 6.07) is 5.10. The number of benzene rings is 1. The van der Waals surface area contributed by atoms with Crippen molar-refractivity contribution >= 4 is 21.6 Å². The Morgan fingerprint density at radius 1 is 1.50 bits per heavy atom. The second kappa shape index (κ2) is 5.30. The molecule has 0 aliphatic rings. The van der Waals surface area contributed by atoms with Gasteiger partial charge in [-0.2, -0.15) is 0 Å². The van der Waals surface area contributed by atoms with Gasteiger partial charge in [-0.3, -0.25) is 10.1 Å². The van der Waals surface area contributed by atoms with Gasteiger partial charge in [-0.1, -0.05) is 22.9 Å². The fourth-order valence-electron chi connectivity index (χ4n) is 1.82. The molecule has 2 aromatic rings. The molecule has 0 radical (unpaired) electrons. The first-order valence-corrected chi connectivity index (χ1v) is 6.34. The number of nitrogens with zero attached hydrogens (tertiary/aromatic N) is 3. The molecular weight excluding hydrogens is 298 g/mol. The lowest BCUT2D eigenvalue weighted by Gasteiger charge is -2.07. The molecule has 1 aromatic heterocycles. The average Bonchev–Trinajstić information content (AvgIpc) is 2.78. The number of aromatic nitrogens is 2. The summed E-state index contributed by atoms with van der Waals surface area (Å²) >= 11 is 3.25. The number of nitro groups is 1. The highest BCUT2D eigenvalue weighted by molar-refractivity contribution is 9.10. The molecule has 0 aliphatic heterocycles. The van der Waals surface area contributed by atoms with E-state index < -0.39 is 0 Å². The van der Waals surface area contributed by atoms with Crippen LogP contribution < -0.4 is 0 Å². The molecule has 0 bridgehead atoms. The number of nitro benzene ring substituents is 1. The van der Waals surface area contributed by atoms with Crippen molar-refractivity contribution in [1.29, 1.82) is 0 Å². The predicted molar refractivity (Wildman–Crippen MR) is 71.5 cm³/mol. The third kappa shape index (κ3) is 2.59. The van der Waals surface area contributed by atoms with Crippen LogP contribution in [-0.4, -0.2) is 14.5 Å². The lowest BCUT2D eigenvalue weighted by atomic mass is 10.2. The lowest BCUT2D eigenvalue weighted by Crippen LogP contribution is -2.05. The lowest BCUT2D eigenvalue weighted by molar-refractivity contribution is -0.385. The van der Waals surface area contributed by atoms with E-state index in [-0.39, 0.29) is 10.6 Å². The molecular formula is C12H12BrN3O2. The first-order chi connectivity index (χ1) is 8.61. The van der Waals surface area contributed by atoms with Crippen molar-refractivity contribution in [2.45, 2.75) is 19.9 Å². The molecule has 18 heavy (non-hydrogen) atoms. The maximum atomic E-state index is 11.0. The molecule has 1 aromatic carbocycles. The number of imidazole rings is 1. The highest BCUT2D eigenvalue weighted by atomic mass is 79.9. The van der Waals surface area contributed by atoms with Crippen LogP contribution in [0, 0.1) is 10.1 Å². The largest absolute Gasteiger partial charge is 0.330 e. The second-order valence-electron chi connectivity index (χ2n) is 3.86. The van der Waals surface area contributed by atoms with E-state index in [4.69, 9.17) is 0 Å². The third-order valence-corrected chi connectivity index (χ3v) is 3.20. The van der Waals surface area contributed by atoms with E-state index in [0.29, 0.717) is 16.6 Å². The zero-order chi connectivity index (χ0) is 13.1. The van der Waals surface area contributed by atoms with Gasteiger partial charge in [0, 0.05) is 34.9 Å². The van der Waals surface area contributed by atoms with Gasteiger partial charge in [-0.25, -0.2) is 4.98 Å². The molecule has 0 saturated carbocycles. The van der Waals surface area contributed by atoms with E-state index in [2.05, 4.69) is 20.9 Å². The van der Waals surface area contributed by atoms with Crippen molar-refractivity contribution in [1.82, 2.24) is 9.55 Å². The first kappa shape index (κ1) is 12.8. The van der Waals surface area contributed by atoms with E-state index in [1.54, 1.807) is 12.3 Å². The molecule has 0 amide bonds. The standard InChI is InChI=1S/C12H12BrN3O2/c1-2-12-14-5-6-15(12)8-9-3-4-10(13)7-11(9)16(17)18/h3-7H,2,8H2,1H3. The van der Waals surface area contributed by atoms with Crippen molar-refractivity contribution in [3.05, 3.63) is 56.6 Å². The van der Waals surface area contributed by atoms with Gasteiger partial charge < -0.3 is 4.57 Å². The maximum absolute atomic E-state index is 11.0. The molecule has 0 atom stereocenters. The van der Waals surface area contributed by atoms with Crippen LogP contribution in [0.15, 0.2) is 35.1 Å². The van der Waals surface area contributed by atoms with Gasteiger partial charge in [-0.05, 0) is 12.1 Å². The SMILES string of the molecule is CCc1nccn1Cc1ccc(Br)cc1[N+](=O)[O-]. The minimum absolute atomic E-state index is 0.125. The summed E-state index contributed by atoms with van der Waals surface area (Å²) in [7, 11) is 0. The van der Waals surface area contributed by atoms with Gasteiger partial charge in [0.15, 0.2) is 0 Å². The summed E-state index contributed by atoms with van der Waals surface area (Å²) < 4.78 is 2.63. The predicted octanol–water partition coefficient (Wildman–Crippen LogP) is 3.16. The van der Waals surface area contributed by atoms with E-state index in [1.807, 2.05) is 23.8 Å². The quantitative estimate of drug-likeness (QED) is 0.644. The molecule has 0 fully saturated rings. The monoisotopic (exact) mass is 309 g/mol. The zero-order valence-electron chi connectivity index (χ0n) is 9.84. The van der Waals surface area contributed by atoms with E-state index in [0.717, 1.165) is 12.2 Å². The van der Waals surface area contributed by atoms with Gasteiger partial charge >= 0.3 is 0 Å². The minimum Gasteiger partial charge on any atom is -0.330 e. The van der Waals surface area contributed by atoms with Gasteiger partial charge in [0.1, 0.15) is 5.82 Å². The number of halogens is 1. The number of aryl methyl sites for hydroxylation is 1. The Bertz CT molecular complexity index is 580. The summed E-state index contributed by atoms with van der Waals surface area (Å²) in [5.74, 6) is 0.923. The fourth-order valence-corrected chi connectivity index (χ4v) is 2.17. The van der Waals surface area contributed by atoms with Crippen molar-refractivity contribution < 1.29 is 4.92 Å². The molecule has 0 unspecified atom stereocenters. The molecule has 0 spiro atoms. The summed E-state index contributed by atoms with van der Waals surface area (Å²) in [4.78, 5) is 14.9. The van der Waals surface area contributed by atoms with Crippen LogP contribution in [0.1, 0.15) is 18.3 Å². The van der Waals surface area contributed by atoms with Gasteiger partial charge in [0.2, 0.25) is 0 Å². The van der Waals surface area contributed by atoms with Crippen molar-refractivity contribution in [2.75, 3.05) is 0 Å². The Kier molecular flexibility index (Phi) is 3.76. The first-order valence-electron chi connectivity index (χ1n) is 5.54. The highest BCUT2D eigenvalue weighted by Crippen LogP contribution is 2.24. The van der Waals surface area contributed by atoms with Crippen LogP contribution >= 0.6 is 15.9 Å². The third-order valence-electron chi connectivity index (χ3n) is 2.70. The van der Waals surface area contributed by atoms with Gasteiger partial charge in [-0.15, -0.1) is 0 Å². The molecule has 0 N–H and O–H groups in total. The van der Waals surface area contributed by atoms with Crippen molar-refractivity contribution in [3.8, 4) is 0 Å². The Labute approximate surface area is 113 Å². The van der Waals surface area contributed by atoms with Crippen LogP contribution in [-0.2, 0) is 13.0 Å². The Morgan fingerprint density at radius 3 is 2.94 bits per heavy atom. The fraction of sp³-hybridized carbons (Fsp3) is 0.250. The summed E-state index contributed by atoms with van der Waals surface area (Å²) in [5.41, 5.74) is 0.802. The molecule has 94 valence electrons. The molecule has 0 aliphatic carbocycles. The minimum atomic E-state index is -0.358. The topological polar surface area (TPSA) is 61.0 Å². The molecule has 6 heteroatoms. The summed E-state index contributed by atoms with van der Waals surface area (Å²) in [5, 5.41) is 11.0. The van der Waals surface area contributed by atoms with E-state index in [1.165, 1.54) is 6.07 Å². The number of hydrogen-bond donors (Lipinski definition) is 0. The Morgan fingerprint density at radius 2 is 2.28 bits per heavy atom. The summed E-state index contributed by atoms with van der Waals surface area (Å²) in [6.45, 7) is 2.47. The summed E-state index contributed by atoms with van der Waals surface area (Å²) in [6.07, 6.45) is 4.35. The van der Waals surface area contributed by atoms with Crippen LogP contribution in [0.25, 0.3) is 0 Å². The van der Waals surface area contributed by atoms with Crippen molar-refractivity contribution in [3.63, 3.8) is 0 Å². The average molecular weight is 310 g/mol. The Balaban J connectivity index is 2.37. The van der Waals surface area contributed by atoms with Crippen LogP contribution in [0.5, 0.6) is 0 Å². The second-order valence-corrected chi connectivity index (χ2v) is 4.77. The smallest absolute Gasteiger partial charge is 0.275 e. The zero-order valence-corrected chi connectivity index (χ0v) is 11.4. The normalized spacial score (nSPS) is 10.6. The highest BCUT2D eigenvalue weighted by Gasteiger charge is 2.15. The Hall–Kier alpha value is -1.69. The molecule has 5 nitrogen and oxygen atoms in total. The maximum Gasteiger partial charge on any atom is 0.275 e. The van der Waals surface area contributed by atoms with Gasteiger partial charge in [0.25, 0.3) is 5.69 Å².